The highest BCUT2D eigenvalue weighted by Gasteiger charge is 2.32. The molecule has 2 saturated heterocycles. The van der Waals surface area contributed by atoms with Crippen molar-refractivity contribution in [3.63, 3.8) is 0 Å². The molecule has 0 amide bonds. The number of rotatable bonds is 2. The second kappa shape index (κ2) is 5.19. The van der Waals surface area contributed by atoms with Crippen molar-refractivity contribution in [3.8, 4) is 0 Å². The minimum absolute atomic E-state index is 0.147. The van der Waals surface area contributed by atoms with Crippen molar-refractivity contribution in [1.29, 1.82) is 0 Å². The average molecular weight is 263 g/mol. The molecule has 100 valence electrons. The highest BCUT2D eigenvalue weighted by molar-refractivity contribution is 7.88. The number of sulfonamides is 1. The summed E-state index contributed by atoms with van der Waals surface area (Å²) < 4.78 is 29.8. The van der Waals surface area contributed by atoms with Crippen LogP contribution in [0.1, 0.15) is 6.42 Å². The fraction of sp³-hybridized carbons (Fsp3) is 1.00. The van der Waals surface area contributed by atoms with Gasteiger partial charge in [-0.05, 0) is 6.42 Å². The van der Waals surface area contributed by atoms with E-state index in [1.165, 1.54) is 10.6 Å². The van der Waals surface area contributed by atoms with E-state index < -0.39 is 10.0 Å². The van der Waals surface area contributed by atoms with Crippen LogP contribution in [0.15, 0.2) is 0 Å². The molecule has 0 aromatic carbocycles. The molecule has 2 atom stereocenters. The van der Waals surface area contributed by atoms with Crippen LogP contribution in [0.5, 0.6) is 0 Å². The summed E-state index contributed by atoms with van der Waals surface area (Å²) in [6.07, 6.45) is 2.15. The van der Waals surface area contributed by atoms with Gasteiger partial charge in [-0.3, -0.25) is 4.90 Å². The van der Waals surface area contributed by atoms with E-state index in [1.54, 1.807) is 0 Å². The van der Waals surface area contributed by atoms with Crippen molar-refractivity contribution in [2.75, 3.05) is 45.6 Å². The van der Waals surface area contributed by atoms with Crippen LogP contribution in [0.2, 0.25) is 0 Å². The van der Waals surface area contributed by atoms with Gasteiger partial charge in [0, 0.05) is 44.9 Å². The molecular weight excluding hydrogens is 242 g/mol. The maximum atomic E-state index is 11.4. The Balaban J connectivity index is 1.90. The molecule has 7 heteroatoms. The number of piperazine rings is 1. The topological polar surface area (TPSA) is 75.9 Å². The third kappa shape index (κ3) is 3.17. The summed E-state index contributed by atoms with van der Waals surface area (Å²) in [6.45, 7) is 4.01. The minimum atomic E-state index is -3.05. The molecule has 17 heavy (non-hydrogen) atoms. The Hall–Kier alpha value is -0.210. The molecule has 2 heterocycles. The Morgan fingerprint density at radius 2 is 1.88 bits per heavy atom. The van der Waals surface area contributed by atoms with Gasteiger partial charge in [-0.25, -0.2) is 8.42 Å². The van der Waals surface area contributed by atoms with E-state index in [-0.39, 0.29) is 12.1 Å². The second-order valence-corrected chi connectivity index (χ2v) is 6.78. The molecule has 2 fully saturated rings. The first-order chi connectivity index (χ1) is 7.98. The monoisotopic (exact) mass is 263 g/mol. The Morgan fingerprint density at radius 3 is 2.41 bits per heavy atom. The first kappa shape index (κ1) is 13.2. The molecule has 2 N–H and O–H groups in total. The van der Waals surface area contributed by atoms with Crippen molar-refractivity contribution in [1.82, 2.24) is 9.21 Å². The summed E-state index contributed by atoms with van der Waals surface area (Å²) >= 11 is 0. The third-order valence-electron chi connectivity index (χ3n) is 3.59. The Kier molecular flexibility index (Phi) is 4.04. The van der Waals surface area contributed by atoms with E-state index in [0.717, 1.165) is 26.1 Å². The SMILES string of the molecule is CS(=O)(=O)N1CCN(C2COCCC2N)CC1. The van der Waals surface area contributed by atoms with Crippen LogP contribution < -0.4 is 5.73 Å². The van der Waals surface area contributed by atoms with Gasteiger partial charge in [0.25, 0.3) is 0 Å². The minimum Gasteiger partial charge on any atom is -0.380 e. The highest BCUT2D eigenvalue weighted by atomic mass is 32.2. The van der Waals surface area contributed by atoms with Crippen molar-refractivity contribution in [2.24, 2.45) is 5.73 Å². The van der Waals surface area contributed by atoms with E-state index in [0.29, 0.717) is 19.7 Å². The molecule has 0 spiro atoms. The zero-order chi connectivity index (χ0) is 12.5. The fourth-order valence-electron chi connectivity index (χ4n) is 2.48. The summed E-state index contributed by atoms with van der Waals surface area (Å²) in [5.74, 6) is 0. The number of hydrogen-bond acceptors (Lipinski definition) is 5. The van der Waals surface area contributed by atoms with E-state index in [4.69, 9.17) is 10.5 Å². The van der Waals surface area contributed by atoms with Crippen LogP contribution in [0.4, 0.5) is 0 Å². The number of ether oxygens (including phenoxy) is 1. The van der Waals surface area contributed by atoms with Crippen LogP contribution >= 0.6 is 0 Å². The lowest BCUT2D eigenvalue weighted by molar-refractivity contribution is -0.00439. The molecule has 2 rings (SSSR count). The molecule has 6 nitrogen and oxygen atoms in total. The van der Waals surface area contributed by atoms with Crippen molar-refractivity contribution in [2.45, 2.75) is 18.5 Å². The van der Waals surface area contributed by atoms with Gasteiger partial charge in [-0.1, -0.05) is 0 Å². The first-order valence-electron chi connectivity index (χ1n) is 6.01. The van der Waals surface area contributed by atoms with Gasteiger partial charge >= 0.3 is 0 Å². The number of hydrogen-bond donors (Lipinski definition) is 1. The molecule has 2 aliphatic rings. The van der Waals surface area contributed by atoms with Crippen LogP contribution in [0.25, 0.3) is 0 Å². The largest absolute Gasteiger partial charge is 0.380 e. The summed E-state index contributed by atoms with van der Waals surface area (Å²) in [4.78, 5) is 2.26. The summed E-state index contributed by atoms with van der Waals surface area (Å²) in [5, 5.41) is 0. The highest BCUT2D eigenvalue weighted by Crippen LogP contribution is 2.16. The molecule has 2 unspecified atom stereocenters. The van der Waals surface area contributed by atoms with Crippen LogP contribution in [-0.2, 0) is 14.8 Å². The van der Waals surface area contributed by atoms with E-state index >= 15 is 0 Å². The fourth-order valence-corrected chi connectivity index (χ4v) is 3.31. The predicted molar refractivity (Wildman–Crippen MR) is 65.2 cm³/mol. The normalized spacial score (nSPS) is 33.8. The molecule has 0 saturated carbocycles. The maximum Gasteiger partial charge on any atom is 0.211 e. The molecular formula is C10H21N3O3S. The third-order valence-corrected chi connectivity index (χ3v) is 4.89. The first-order valence-corrected chi connectivity index (χ1v) is 7.86. The average Bonchev–Trinajstić information content (AvgIpc) is 2.29. The summed E-state index contributed by atoms with van der Waals surface area (Å²) in [5.41, 5.74) is 6.08. The van der Waals surface area contributed by atoms with Crippen molar-refractivity contribution < 1.29 is 13.2 Å². The van der Waals surface area contributed by atoms with Gasteiger partial charge in [0.15, 0.2) is 0 Å². The number of nitrogens with two attached hydrogens (primary N) is 1. The zero-order valence-corrected chi connectivity index (χ0v) is 11.0. The molecule has 0 aromatic rings. The Labute approximate surface area is 103 Å². The Morgan fingerprint density at radius 1 is 1.24 bits per heavy atom. The zero-order valence-electron chi connectivity index (χ0n) is 10.2. The summed E-state index contributed by atoms with van der Waals surface area (Å²) in [6, 6.07) is 0.388. The molecule has 0 radical (unpaired) electrons. The van der Waals surface area contributed by atoms with Crippen LogP contribution in [-0.4, -0.2) is 75.4 Å². The van der Waals surface area contributed by atoms with Gasteiger partial charge in [0.05, 0.1) is 12.9 Å². The van der Waals surface area contributed by atoms with Crippen molar-refractivity contribution in [3.05, 3.63) is 0 Å². The quantitative estimate of drug-likeness (QED) is 0.669. The van der Waals surface area contributed by atoms with E-state index in [9.17, 15) is 8.42 Å². The van der Waals surface area contributed by atoms with Gasteiger partial charge < -0.3 is 10.5 Å². The lowest BCUT2D eigenvalue weighted by Crippen LogP contribution is -2.59. The molecule has 0 aromatic heterocycles. The standard InChI is InChI=1S/C10H21N3O3S/c1-17(14,15)13-5-3-12(4-6-13)10-8-16-7-2-9(10)11/h9-10H,2-8,11H2,1H3. The molecule has 2 aliphatic heterocycles. The molecule has 0 bridgehead atoms. The number of nitrogens with zero attached hydrogens (tertiary/aromatic N) is 2. The van der Waals surface area contributed by atoms with Crippen molar-refractivity contribution >= 4 is 10.0 Å². The van der Waals surface area contributed by atoms with Crippen LogP contribution in [0.3, 0.4) is 0 Å². The van der Waals surface area contributed by atoms with Crippen LogP contribution in [0, 0.1) is 0 Å². The van der Waals surface area contributed by atoms with Gasteiger partial charge in [-0.2, -0.15) is 4.31 Å². The van der Waals surface area contributed by atoms with Gasteiger partial charge in [0.2, 0.25) is 10.0 Å². The lowest BCUT2D eigenvalue weighted by Gasteiger charge is -2.42. The van der Waals surface area contributed by atoms with E-state index in [1.807, 2.05) is 0 Å². The predicted octanol–water partition coefficient (Wildman–Crippen LogP) is -1.32. The maximum absolute atomic E-state index is 11.4. The second-order valence-electron chi connectivity index (χ2n) is 4.79. The Bertz CT molecular complexity index is 352. The summed E-state index contributed by atoms with van der Waals surface area (Å²) in [7, 11) is -3.05. The van der Waals surface area contributed by atoms with Gasteiger partial charge in [-0.15, -0.1) is 0 Å². The van der Waals surface area contributed by atoms with E-state index in [2.05, 4.69) is 4.90 Å². The lowest BCUT2D eigenvalue weighted by atomic mass is 10.0. The molecule has 0 aliphatic carbocycles. The smallest absolute Gasteiger partial charge is 0.211 e. The van der Waals surface area contributed by atoms with Gasteiger partial charge in [0.1, 0.15) is 0 Å².